The minimum Gasteiger partial charge on any atom is -0.329 e. The SMILES string of the molecule is CCC(C)N(CC)C(CN)c1cc(F)ccc1C. The second-order valence-corrected chi connectivity index (χ2v) is 4.84. The van der Waals surface area contributed by atoms with Gasteiger partial charge in [0, 0.05) is 18.6 Å². The minimum atomic E-state index is -0.186. The average molecular weight is 252 g/mol. The first kappa shape index (κ1) is 15.1. The van der Waals surface area contributed by atoms with Crippen LogP contribution in [0.4, 0.5) is 4.39 Å². The van der Waals surface area contributed by atoms with Crippen molar-refractivity contribution in [2.75, 3.05) is 13.1 Å². The summed E-state index contributed by atoms with van der Waals surface area (Å²) in [6.45, 7) is 9.95. The molecule has 1 aromatic carbocycles. The van der Waals surface area contributed by atoms with Crippen molar-refractivity contribution in [2.24, 2.45) is 5.73 Å². The molecule has 0 saturated carbocycles. The van der Waals surface area contributed by atoms with Gasteiger partial charge in [-0.2, -0.15) is 0 Å². The Morgan fingerprint density at radius 3 is 2.50 bits per heavy atom. The van der Waals surface area contributed by atoms with Gasteiger partial charge in [-0.1, -0.05) is 19.9 Å². The van der Waals surface area contributed by atoms with Crippen LogP contribution in [0.5, 0.6) is 0 Å². The fraction of sp³-hybridized carbons (Fsp3) is 0.600. The molecule has 0 aliphatic heterocycles. The summed E-state index contributed by atoms with van der Waals surface area (Å²) in [6.07, 6.45) is 1.07. The Bertz CT molecular complexity index is 379. The number of rotatable bonds is 6. The average Bonchev–Trinajstić information content (AvgIpc) is 2.38. The van der Waals surface area contributed by atoms with E-state index in [0.717, 1.165) is 24.1 Å². The molecule has 0 heterocycles. The van der Waals surface area contributed by atoms with Crippen molar-refractivity contribution < 1.29 is 4.39 Å². The largest absolute Gasteiger partial charge is 0.329 e. The van der Waals surface area contributed by atoms with Crippen LogP contribution in [0, 0.1) is 12.7 Å². The van der Waals surface area contributed by atoms with E-state index in [2.05, 4.69) is 25.7 Å². The molecule has 2 nitrogen and oxygen atoms in total. The van der Waals surface area contributed by atoms with E-state index in [9.17, 15) is 4.39 Å². The van der Waals surface area contributed by atoms with Gasteiger partial charge in [0.1, 0.15) is 5.82 Å². The maximum absolute atomic E-state index is 13.4. The smallest absolute Gasteiger partial charge is 0.123 e. The van der Waals surface area contributed by atoms with Gasteiger partial charge in [-0.3, -0.25) is 4.90 Å². The van der Waals surface area contributed by atoms with Gasteiger partial charge in [-0.15, -0.1) is 0 Å². The quantitative estimate of drug-likeness (QED) is 0.842. The molecule has 2 unspecified atom stereocenters. The van der Waals surface area contributed by atoms with Crippen LogP contribution in [0.15, 0.2) is 18.2 Å². The van der Waals surface area contributed by atoms with E-state index in [1.165, 1.54) is 6.07 Å². The van der Waals surface area contributed by atoms with Crippen LogP contribution in [0.3, 0.4) is 0 Å². The van der Waals surface area contributed by atoms with E-state index in [-0.39, 0.29) is 11.9 Å². The Hall–Kier alpha value is -0.930. The van der Waals surface area contributed by atoms with Gasteiger partial charge >= 0.3 is 0 Å². The van der Waals surface area contributed by atoms with E-state index >= 15 is 0 Å². The summed E-state index contributed by atoms with van der Waals surface area (Å²) in [5.74, 6) is -0.186. The third-order valence-corrected chi connectivity index (χ3v) is 3.75. The number of aryl methyl sites for hydroxylation is 1. The molecule has 0 spiro atoms. The van der Waals surface area contributed by atoms with Crippen LogP contribution in [0.25, 0.3) is 0 Å². The molecule has 2 atom stereocenters. The summed E-state index contributed by atoms with van der Waals surface area (Å²) >= 11 is 0. The third-order valence-electron chi connectivity index (χ3n) is 3.75. The lowest BCUT2D eigenvalue weighted by Gasteiger charge is -2.35. The van der Waals surface area contributed by atoms with E-state index in [1.807, 2.05) is 13.0 Å². The van der Waals surface area contributed by atoms with Crippen molar-refractivity contribution in [1.29, 1.82) is 0 Å². The number of hydrogen-bond donors (Lipinski definition) is 1. The van der Waals surface area contributed by atoms with Crippen molar-refractivity contribution in [3.63, 3.8) is 0 Å². The summed E-state index contributed by atoms with van der Waals surface area (Å²) < 4.78 is 13.4. The lowest BCUT2D eigenvalue weighted by Crippen LogP contribution is -2.40. The molecule has 102 valence electrons. The van der Waals surface area contributed by atoms with Crippen molar-refractivity contribution in [2.45, 2.75) is 46.2 Å². The normalized spacial score (nSPS) is 14.8. The van der Waals surface area contributed by atoms with Crippen molar-refractivity contribution in [3.8, 4) is 0 Å². The minimum absolute atomic E-state index is 0.0978. The Morgan fingerprint density at radius 2 is 2.00 bits per heavy atom. The van der Waals surface area contributed by atoms with Crippen LogP contribution in [-0.4, -0.2) is 24.0 Å². The first-order valence-corrected chi connectivity index (χ1v) is 6.76. The zero-order chi connectivity index (χ0) is 13.7. The van der Waals surface area contributed by atoms with Gasteiger partial charge in [0.05, 0.1) is 0 Å². The van der Waals surface area contributed by atoms with Gasteiger partial charge < -0.3 is 5.73 Å². The van der Waals surface area contributed by atoms with Gasteiger partial charge in [0.25, 0.3) is 0 Å². The Kier molecular flexibility index (Phi) is 5.76. The lowest BCUT2D eigenvalue weighted by molar-refractivity contribution is 0.151. The van der Waals surface area contributed by atoms with Crippen molar-refractivity contribution >= 4 is 0 Å². The highest BCUT2D eigenvalue weighted by Crippen LogP contribution is 2.26. The molecular formula is C15H25FN2. The summed E-state index contributed by atoms with van der Waals surface area (Å²) in [4.78, 5) is 2.35. The molecule has 1 rings (SSSR count). The lowest BCUT2D eigenvalue weighted by atomic mass is 9.98. The zero-order valence-corrected chi connectivity index (χ0v) is 11.9. The second-order valence-electron chi connectivity index (χ2n) is 4.84. The van der Waals surface area contributed by atoms with Crippen LogP contribution < -0.4 is 5.73 Å². The third kappa shape index (κ3) is 3.30. The van der Waals surface area contributed by atoms with E-state index < -0.39 is 0 Å². The fourth-order valence-electron chi connectivity index (χ4n) is 2.49. The van der Waals surface area contributed by atoms with Gasteiger partial charge in [-0.05, 0) is 50.1 Å². The zero-order valence-electron chi connectivity index (χ0n) is 11.9. The van der Waals surface area contributed by atoms with Gasteiger partial charge in [0.15, 0.2) is 0 Å². The number of halogens is 1. The molecule has 0 aliphatic carbocycles. The summed E-state index contributed by atoms with van der Waals surface area (Å²) in [7, 11) is 0. The molecule has 18 heavy (non-hydrogen) atoms. The van der Waals surface area contributed by atoms with Crippen molar-refractivity contribution in [1.82, 2.24) is 4.90 Å². The molecule has 0 radical (unpaired) electrons. The number of nitrogens with two attached hydrogens (primary N) is 1. The molecule has 0 aliphatic rings. The second kappa shape index (κ2) is 6.86. The maximum atomic E-state index is 13.4. The Labute approximate surface area is 110 Å². The standard InChI is InChI=1S/C15H25FN2/c1-5-12(4)18(6-2)15(10-17)14-9-13(16)8-7-11(14)3/h7-9,12,15H,5-6,10,17H2,1-4H3. The topological polar surface area (TPSA) is 29.3 Å². The Morgan fingerprint density at radius 1 is 1.33 bits per heavy atom. The van der Waals surface area contributed by atoms with Gasteiger partial charge in [0.2, 0.25) is 0 Å². The molecule has 0 fully saturated rings. The molecular weight excluding hydrogens is 227 g/mol. The number of likely N-dealkylation sites (N-methyl/N-ethyl adjacent to an activating group) is 1. The maximum Gasteiger partial charge on any atom is 0.123 e. The van der Waals surface area contributed by atoms with E-state index in [0.29, 0.717) is 12.6 Å². The molecule has 3 heteroatoms. The van der Waals surface area contributed by atoms with E-state index in [4.69, 9.17) is 5.73 Å². The first-order valence-electron chi connectivity index (χ1n) is 6.76. The van der Waals surface area contributed by atoms with Crippen LogP contribution in [0.2, 0.25) is 0 Å². The highest BCUT2D eigenvalue weighted by molar-refractivity contribution is 5.30. The summed E-state index contributed by atoms with van der Waals surface area (Å²) in [5, 5.41) is 0. The molecule has 0 saturated heterocycles. The van der Waals surface area contributed by atoms with Crippen molar-refractivity contribution in [3.05, 3.63) is 35.1 Å². The summed E-state index contributed by atoms with van der Waals surface area (Å²) in [6, 6.07) is 5.51. The summed E-state index contributed by atoms with van der Waals surface area (Å²) in [5.41, 5.74) is 8.05. The highest BCUT2D eigenvalue weighted by atomic mass is 19.1. The van der Waals surface area contributed by atoms with Crippen LogP contribution in [0.1, 0.15) is 44.4 Å². The van der Waals surface area contributed by atoms with Crippen LogP contribution in [-0.2, 0) is 0 Å². The highest BCUT2D eigenvalue weighted by Gasteiger charge is 2.23. The first-order chi connectivity index (χ1) is 8.54. The number of hydrogen-bond acceptors (Lipinski definition) is 2. The predicted octanol–water partition coefficient (Wildman–Crippen LogP) is 3.25. The predicted molar refractivity (Wildman–Crippen MR) is 75.1 cm³/mol. The van der Waals surface area contributed by atoms with Crippen LogP contribution >= 0.6 is 0 Å². The molecule has 2 N–H and O–H groups in total. The fourth-order valence-corrected chi connectivity index (χ4v) is 2.49. The van der Waals surface area contributed by atoms with E-state index in [1.54, 1.807) is 6.07 Å². The monoisotopic (exact) mass is 252 g/mol. The molecule has 0 aromatic heterocycles. The number of nitrogens with zero attached hydrogens (tertiary/aromatic N) is 1. The molecule has 1 aromatic rings. The Balaban J connectivity index is 3.10. The molecule has 0 bridgehead atoms. The number of benzene rings is 1. The van der Waals surface area contributed by atoms with Gasteiger partial charge in [-0.25, -0.2) is 4.39 Å². The molecule has 0 amide bonds.